The Kier molecular flexibility index (Phi) is 6.16. The molecule has 0 bridgehead atoms. The first-order chi connectivity index (χ1) is 17.7. The molecule has 37 heavy (non-hydrogen) atoms. The quantitative estimate of drug-likeness (QED) is 0.282. The third-order valence-corrected chi connectivity index (χ3v) is 5.90. The predicted molar refractivity (Wildman–Crippen MR) is 128 cm³/mol. The first-order valence-electron chi connectivity index (χ1n) is 10.8. The largest absolute Gasteiger partial charge is 0.479 e. The average Bonchev–Trinajstić information content (AvgIpc) is 3.18. The van der Waals surface area contributed by atoms with E-state index in [1.54, 1.807) is 30.3 Å². The number of hydrogen-bond acceptors (Lipinski definition) is 5. The molecule has 0 unspecified atom stereocenters. The summed E-state index contributed by atoms with van der Waals surface area (Å²) in [5, 5.41) is 4.96. The normalized spacial score (nSPS) is 11.7. The second-order valence-corrected chi connectivity index (χ2v) is 8.45. The van der Waals surface area contributed by atoms with Crippen LogP contribution >= 0.6 is 11.6 Å². The minimum Gasteiger partial charge on any atom is -0.479 e. The summed E-state index contributed by atoms with van der Waals surface area (Å²) in [6.45, 7) is -0.128. The van der Waals surface area contributed by atoms with Crippen LogP contribution in [0.4, 0.5) is 17.6 Å². The van der Waals surface area contributed by atoms with Crippen LogP contribution in [0.15, 0.2) is 71.9 Å². The van der Waals surface area contributed by atoms with Gasteiger partial charge in [-0.05, 0) is 47.0 Å². The Morgan fingerprint density at radius 3 is 2.38 bits per heavy atom. The molecule has 0 amide bonds. The van der Waals surface area contributed by atoms with Crippen molar-refractivity contribution in [3.8, 4) is 28.1 Å². The number of benzene rings is 1. The van der Waals surface area contributed by atoms with Crippen molar-refractivity contribution in [2.24, 2.45) is 0 Å². The zero-order chi connectivity index (χ0) is 26.3. The number of nitrogens with zero attached hydrogens (tertiary/aromatic N) is 5. The lowest BCUT2D eigenvalue weighted by Gasteiger charge is -2.12. The summed E-state index contributed by atoms with van der Waals surface area (Å²) in [6.07, 6.45) is -0.609. The first kappa shape index (κ1) is 24.4. The van der Waals surface area contributed by atoms with Crippen molar-refractivity contribution in [3.05, 3.63) is 99.7 Å². The Morgan fingerprint density at radius 1 is 1.00 bits per heavy atom. The van der Waals surface area contributed by atoms with Crippen molar-refractivity contribution in [3.63, 3.8) is 0 Å². The van der Waals surface area contributed by atoms with Gasteiger partial charge in [0.1, 0.15) is 5.69 Å². The lowest BCUT2D eigenvalue weighted by Crippen LogP contribution is -2.21. The van der Waals surface area contributed by atoms with E-state index in [-0.39, 0.29) is 18.1 Å². The Balaban J connectivity index is 1.67. The zero-order valence-electron chi connectivity index (χ0n) is 19.0. The molecule has 188 valence electrons. The maximum absolute atomic E-state index is 14.6. The van der Waals surface area contributed by atoms with Gasteiger partial charge in [-0.1, -0.05) is 29.8 Å². The summed E-state index contributed by atoms with van der Waals surface area (Å²) in [7, 11) is 1.29. The number of hydrogen-bond donors (Lipinski definition) is 0. The topological polar surface area (TPSA) is 74.3 Å². The molecule has 0 spiro atoms. The Hall–Kier alpha value is -4.25. The minimum absolute atomic E-state index is 0.128. The third-order valence-electron chi connectivity index (χ3n) is 5.65. The van der Waals surface area contributed by atoms with Crippen LogP contribution in [0.1, 0.15) is 11.3 Å². The summed E-state index contributed by atoms with van der Waals surface area (Å²) < 4.78 is 60.5. The number of ether oxygens (including phenoxy) is 1. The van der Waals surface area contributed by atoms with E-state index in [1.807, 2.05) is 0 Å². The summed E-state index contributed by atoms with van der Waals surface area (Å²) in [6, 6.07) is 11.9. The smallest absolute Gasteiger partial charge is 0.433 e. The summed E-state index contributed by atoms with van der Waals surface area (Å²) >= 11 is 6.04. The molecule has 1 aromatic carbocycles. The van der Waals surface area contributed by atoms with E-state index < -0.39 is 23.4 Å². The number of methoxy groups -OCH3 is 1. The van der Waals surface area contributed by atoms with Crippen molar-refractivity contribution in [1.82, 2.24) is 24.1 Å². The van der Waals surface area contributed by atoms with Crippen LogP contribution in [0, 0.1) is 5.82 Å². The predicted octanol–water partition coefficient (Wildman–Crippen LogP) is 5.49. The number of fused-ring (bicyclic) bond motifs is 1. The molecular weight excluding hydrogens is 514 g/mol. The molecule has 4 heterocycles. The van der Waals surface area contributed by atoms with Crippen molar-refractivity contribution >= 4 is 17.2 Å². The van der Waals surface area contributed by atoms with Gasteiger partial charge < -0.3 is 4.74 Å². The van der Waals surface area contributed by atoms with E-state index >= 15 is 0 Å². The number of alkyl halides is 3. The Bertz CT molecular complexity index is 1660. The van der Waals surface area contributed by atoms with Crippen molar-refractivity contribution < 1.29 is 22.3 Å². The zero-order valence-corrected chi connectivity index (χ0v) is 19.8. The van der Waals surface area contributed by atoms with Gasteiger partial charge in [-0.2, -0.15) is 13.2 Å². The van der Waals surface area contributed by atoms with Crippen LogP contribution in [-0.2, 0) is 12.7 Å². The molecule has 0 saturated carbocycles. The monoisotopic (exact) mass is 529 g/mol. The van der Waals surface area contributed by atoms with E-state index in [0.29, 0.717) is 27.3 Å². The Labute approximate surface area is 211 Å². The van der Waals surface area contributed by atoms with Gasteiger partial charge in [-0.25, -0.2) is 23.3 Å². The van der Waals surface area contributed by atoms with Crippen LogP contribution in [0.3, 0.4) is 0 Å². The molecule has 7 nitrogen and oxygen atoms in total. The van der Waals surface area contributed by atoms with Crippen molar-refractivity contribution in [1.29, 1.82) is 0 Å². The number of halogens is 5. The fourth-order valence-corrected chi connectivity index (χ4v) is 4.03. The molecule has 0 aliphatic heterocycles. The van der Waals surface area contributed by atoms with Crippen molar-refractivity contribution in [2.45, 2.75) is 12.7 Å². The molecule has 12 heteroatoms. The van der Waals surface area contributed by atoms with E-state index in [2.05, 4.69) is 15.1 Å². The summed E-state index contributed by atoms with van der Waals surface area (Å²) in [5.41, 5.74) is 1.07. The van der Waals surface area contributed by atoms with E-state index in [9.17, 15) is 22.4 Å². The third kappa shape index (κ3) is 4.65. The highest BCUT2D eigenvalue weighted by molar-refractivity contribution is 6.30. The van der Waals surface area contributed by atoms with Gasteiger partial charge in [0, 0.05) is 34.7 Å². The first-order valence-corrected chi connectivity index (χ1v) is 11.1. The molecular formula is C25H16ClF4N5O2. The molecule has 0 fully saturated rings. The van der Waals surface area contributed by atoms with Crippen molar-refractivity contribution in [2.75, 3.05) is 7.11 Å². The van der Waals surface area contributed by atoms with Gasteiger partial charge in [0.2, 0.25) is 5.88 Å². The number of aromatic nitrogens is 5. The fourth-order valence-electron chi connectivity index (χ4n) is 3.91. The maximum Gasteiger partial charge on any atom is 0.433 e. The van der Waals surface area contributed by atoms with Gasteiger partial charge in [-0.15, -0.1) is 5.10 Å². The van der Waals surface area contributed by atoms with Crippen LogP contribution in [-0.4, -0.2) is 31.3 Å². The second-order valence-electron chi connectivity index (χ2n) is 8.01. The highest BCUT2D eigenvalue weighted by atomic mass is 35.5. The molecule has 0 N–H and O–H groups in total. The highest BCUT2D eigenvalue weighted by Gasteiger charge is 2.32. The van der Waals surface area contributed by atoms with Crippen LogP contribution in [0.25, 0.3) is 27.9 Å². The van der Waals surface area contributed by atoms with Crippen LogP contribution in [0.5, 0.6) is 5.88 Å². The van der Waals surface area contributed by atoms with E-state index in [4.69, 9.17) is 16.3 Å². The molecule has 5 rings (SSSR count). The minimum atomic E-state index is -4.58. The molecule has 5 aromatic rings. The second kappa shape index (κ2) is 9.32. The van der Waals surface area contributed by atoms with E-state index in [0.717, 1.165) is 22.5 Å². The number of pyridine rings is 3. The van der Waals surface area contributed by atoms with Crippen LogP contribution in [0.2, 0.25) is 5.02 Å². The summed E-state index contributed by atoms with van der Waals surface area (Å²) in [5.74, 6) is -0.900. The van der Waals surface area contributed by atoms with Gasteiger partial charge in [0.05, 0.1) is 13.7 Å². The Morgan fingerprint density at radius 2 is 1.76 bits per heavy atom. The maximum atomic E-state index is 14.6. The van der Waals surface area contributed by atoms with Crippen LogP contribution < -0.4 is 10.4 Å². The number of rotatable bonds is 5. The van der Waals surface area contributed by atoms with E-state index in [1.165, 1.54) is 36.0 Å². The van der Waals surface area contributed by atoms with Gasteiger partial charge >= 0.3 is 11.9 Å². The molecule has 0 atom stereocenters. The van der Waals surface area contributed by atoms with Gasteiger partial charge in [0.15, 0.2) is 11.5 Å². The molecule has 0 saturated heterocycles. The standard InChI is InChI=1S/C25H16ClF4N5O2/c1-37-23-19(27)10-16(12-32-23)21-18(15-3-5-17(26)6-4-15)8-9-34-22(21)33-35(24(34)36)13-14-2-7-20(31-11-14)25(28,29)30/h2-12H,13H2,1H3. The molecule has 0 aliphatic rings. The molecule has 0 radical (unpaired) electrons. The van der Waals surface area contributed by atoms with Gasteiger partial charge in [-0.3, -0.25) is 4.98 Å². The average molecular weight is 530 g/mol. The molecule has 0 aliphatic carbocycles. The SMILES string of the molecule is COc1ncc(-c2c(-c3ccc(Cl)cc3)ccn3c(=O)n(Cc4ccc(C(F)(F)F)nc4)nc23)cc1F. The molecule has 4 aromatic heterocycles. The summed E-state index contributed by atoms with van der Waals surface area (Å²) in [4.78, 5) is 20.6. The van der Waals surface area contributed by atoms with Gasteiger partial charge in [0.25, 0.3) is 0 Å². The highest BCUT2D eigenvalue weighted by Crippen LogP contribution is 2.36. The lowest BCUT2D eigenvalue weighted by atomic mass is 9.97. The lowest BCUT2D eigenvalue weighted by molar-refractivity contribution is -0.141. The fraction of sp³-hybridized carbons (Fsp3) is 0.120.